The van der Waals surface area contributed by atoms with Crippen LogP contribution in [-0.4, -0.2) is 26.0 Å². The average Bonchev–Trinajstić information content (AvgIpc) is 3.25. The molecule has 0 atom stereocenters. The van der Waals surface area contributed by atoms with Gasteiger partial charge in [-0.3, -0.25) is 4.79 Å². The molecule has 12 heteroatoms. The minimum absolute atomic E-state index is 0.225. The van der Waals surface area contributed by atoms with Gasteiger partial charge >= 0.3 is 6.18 Å². The molecule has 0 radical (unpaired) electrons. The van der Waals surface area contributed by atoms with Crippen molar-refractivity contribution in [3.8, 4) is 11.3 Å². The molecule has 4 N–H and O–H groups in total. The highest BCUT2D eigenvalue weighted by Gasteiger charge is 2.39. The second-order valence-electron chi connectivity index (χ2n) is 7.86. The van der Waals surface area contributed by atoms with Crippen molar-refractivity contribution in [3.63, 3.8) is 0 Å². The molecule has 1 saturated carbocycles. The fourth-order valence-corrected chi connectivity index (χ4v) is 4.95. The number of halogens is 4. The summed E-state index contributed by atoms with van der Waals surface area (Å²) in [7, 11) is 0. The number of benzene rings is 1. The van der Waals surface area contributed by atoms with Gasteiger partial charge in [0.2, 0.25) is 11.9 Å². The van der Waals surface area contributed by atoms with Crippen LogP contribution in [0.5, 0.6) is 0 Å². The van der Waals surface area contributed by atoms with Crippen LogP contribution in [0.3, 0.4) is 0 Å². The Morgan fingerprint density at radius 1 is 1.24 bits per heavy atom. The monoisotopic (exact) mass is 497 g/mol. The van der Waals surface area contributed by atoms with Crippen LogP contribution < -0.4 is 11.1 Å². The molecule has 0 saturated heterocycles. The van der Waals surface area contributed by atoms with Gasteiger partial charge in [0.15, 0.2) is 0 Å². The average molecular weight is 498 g/mol. The molecule has 1 aliphatic rings. The predicted molar refractivity (Wildman–Crippen MR) is 118 cm³/mol. The molecule has 2 aromatic heterocycles. The zero-order chi connectivity index (χ0) is 23.8. The minimum atomic E-state index is -4.59. The summed E-state index contributed by atoms with van der Waals surface area (Å²) < 4.78 is 38.7. The smallest absolute Gasteiger partial charge is 0.383 e. The molecule has 3 aromatic rings. The van der Waals surface area contributed by atoms with Crippen molar-refractivity contribution < 1.29 is 23.1 Å². The Bertz CT molecular complexity index is 1180. The fraction of sp³-hybridized carbons (Fsp3) is 0.333. The van der Waals surface area contributed by atoms with Crippen molar-refractivity contribution in [2.75, 3.05) is 5.32 Å². The Morgan fingerprint density at radius 2 is 1.97 bits per heavy atom. The van der Waals surface area contributed by atoms with E-state index in [1.165, 1.54) is 17.4 Å². The number of alkyl halides is 3. The number of hydrogen-bond acceptors (Lipinski definition) is 7. The summed E-state index contributed by atoms with van der Waals surface area (Å²) in [6.45, 7) is 0. The molecule has 1 amide bonds. The highest BCUT2D eigenvalue weighted by molar-refractivity contribution is 7.10. The van der Waals surface area contributed by atoms with E-state index in [1.807, 2.05) is 0 Å². The molecular weight excluding hydrogens is 479 g/mol. The van der Waals surface area contributed by atoms with Gasteiger partial charge in [-0.2, -0.15) is 13.2 Å². The number of amides is 1. The number of rotatable bonds is 5. The molecule has 0 aliphatic heterocycles. The third kappa shape index (κ3) is 5.26. The summed E-state index contributed by atoms with van der Waals surface area (Å²) in [4.78, 5) is 23.3. The number of nitrogens with two attached hydrogens (primary N) is 1. The van der Waals surface area contributed by atoms with Crippen molar-refractivity contribution in [1.82, 2.24) is 15.0 Å². The van der Waals surface area contributed by atoms with E-state index in [9.17, 15) is 23.1 Å². The van der Waals surface area contributed by atoms with Crippen LogP contribution in [0.2, 0.25) is 5.02 Å². The first-order valence-corrected chi connectivity index (χ1v) is 11.3. The van der Waals surface area contributed by atoms with E-state index in [0.29, 0.717) is 52.7 Å². The number of primary amides is 1. The van der Waals surface area contributed by atoms with E-state index in [-0.39, 0.29) is 17.8 Å². The van der Waals surface area contributed by atoms with E-state index in [1.54, 1.807) is 17.5 Å². The number of nitrogens with zero attached hydrogens (tertiary/aromatic N) is 3. The maximum absolute atomic E-state index is 12.9. The van der Waals surface area contributed by atoms with Gasteiger partial charge in [0, 0.05) is 33.8 Å². The second-order valence-corrected chi connectivity index (χ2v) is 9.16. The van der Waals surface area contributed by atoms with E-state index in [0.717, 1.165) is 12.3 Å². The molecule has 1 aliphatic carbocycles. The van der Waals surface area contributed by atoms with Gasteiger partial charge in [-0.15, -0.1) is 11.3 Å². The third-order valence-electron chi connectivity index (χ3n) is 5.51. The van der Waals surface area contributed by atoms with Crippen LogP contribution >= 0.6 is 22.9 Å². The molecular formula is C21H19ClF3N5O2S. The van der Waals surface area contributed by atoms with Crippen LogP contribution in [-0.2, 0) is 16.6 Å². The summed E-state index contributed by atoms with van der Waals surface area (Å²) in [5.41, 5.74) is 4.71. The van der Waals surface area contributed by atoms with Crippen molar-refractivity contribution in [2.24, 2.45) is 11.7 Å². The van der Waals surface area contributed by atoms with Crippen LogP contribution in [0.15, 0.2) is 35.8 Å². The SMILES string of the molecule is NC(=O)[C@H]1CC[C@@](O)(c2nc(-c3cc(Cl)cc(Nc4nccc(C(F)(F)F)n4)c3)cs2)CC1. The zero-order valence-electron chi connectivity index (χ0n) is 17.1. The third-order valence-corrected chi connectivity index (χ3v) is 6.77. The molecule has 7 nitrogen and oxygen atoms in total. The lowest BCUT2D eigenvalue weighted by Crippen LogP contribution is -2.35. The van der Waals surface area contributed by atoms with Crippen molar-refractivity contribution >= 4 is 40.5 Å². The number of nitrogens with one attached hydrogen (secondary N) is 1. The van der Waals surface area contributed by atoms with Gasteiger partial charge in [-0.1, -0.05) is 11.6 Å². The molecule has 2 heterocycles. The van der Waals surface area contributed by atoms with Crippen LogP contribution in [0.4, 0.5) is 24.8 Å². The van der Waals surface area contributed by atoms with E-state index >= 15 is 0 Å². The topological polar surface area (TPSA) is 114 Å². The number of hydrogen-bond donors (Lipinski definition) is 3. The summed E-state index contributed by atoms with van der Waals surface area (Å²) in [5.74, 6) is -0.831. The van der Waals surface area contributed by atoms with Crippen molar-refractivity contribution in [2.45, 2.75) is 37.5 Å². The van der Waals surface area contributed by atoms with E-state index in [4.69, 9.17) is 17.3 Å². The van der Waals surface area contributed by atoms with Crippen molar-refractivity contribution in [3.05, 3.63) is 51.6 Å². The predicted octanol–water partition coefficient (Wildman–Crippen LogP) is 4.88. The van der Waals surface area contributed by atoms with Gasteiger partial charge in [-0.25, -0.2) is 15.0 Å². The van der Waals surface area contributed by atoms with Crippen LogP contribution in [0.25, 0.3) is 11.3 Å². The maximum atomic E-state index is 12.9. The number of anilines is 2. The summed E-state index contributed by atoms with van der Waals surface area (Å²) >= 11 is 7.51. The fourth-order valence-electron chi connectivity index (χ4n) is 3.73. The summed E-state index contributed by atoms with van der Waals surface area (Å²) in [6, 6.07) is 5.63. The lowest BCUT2D eigenvalue weighted by atomic mass is 9.79. The first-order chi connectivity index (χ1) is 15.5. The van der Waals surface area contributed by atoms with Gasteiger partial charge in [0.25, 0.3) is 0 Å². The van der Waals surface area contributed by atoms with Gasteiger partial charge in [0.05, 0.1) is 5.69 Å². The van der Waals surface area contributed by atoms with Gasteiger partial charge < -0.3 is 16.2 Å². The molecule has 1 fully saturated rings. The molecule has 1 aromatic carbocycles. The Morgan fingerprint density at radius 3 is 2.64 bits per heavy atom. The zero-order valence-corrected chi connectivity index (χ0v) is 18.6. The van der Waals surface area contributed by atoms with Crippen LogP contribution in [0, 0.1) is 5.92 Å². The van der Waals surface area contributed by atoms with E-state index < -0.39 is 17.5 Å². The molecule has 0 bridgehead atoms. The molecule has 174 valence electrons. The summed E-state index contributed by atoms with van der Waals surface area (Å²) in [5, 5.41) is 16.4. The quantitative estimate of drug-likeness (QED) is 0.463. The van der Waals surface area contributed by atoms with Gasteiger partial charge in [-0.05, 0) is 49.9 Å². The summed E-state index contributed by atoms with van der Waals surface area (Å²) in [6.07, 6.45) is -1.84. The normalized spacial score (nSPS) is 21.1. The Balaban J connectivity index is 1.56. The largest absolute Gasteiger partial charge is 0.433 e. The first kappa shape index (κ1) is 23.4. The van der Waals surface area contributed by atoms with Crippen LogP contribution in [0.1, 0.15) is 36.4 Å². The second kappa shape index (κ2) is 8.88. The Kier molecular flexibility index (Phi) is 6.30. The first-order valence-electron chi connectivity index (χ1n) is 9.99. The Hall–Kier alpha value is -2.76. The molecule has 4 rings (SSSR count). The highest BCUT2D eigenvalue weighted by atomic mass is 35.5. The number of carbonyl (C=O) groups excluding carboxylic acids is 1. The minimum Gasteiger partial charge on any atom is -0.383 e. The standard InChI is InChI=1S/C21H19ClF3N5O2S/c22-13-7-12(8-14(9-13)28-19-27-6-3-16(30-19)21(23,24)25)15-10-33-18(29-15)20(32)4-1-11(2-5-20)17(26)31/h3,6-11,32H,1-2,4-5H2,(H2,26,31)(H,27,28,30)/t11-,20-. The number of aliphatic hydroxyl groups is 1. The van der Waals surface area contributed by atoms with Crippen molar-refractivity contribution in [1.29, 1.82) is 0 Å². The maximum Gasteiger partial charge on any atom is 0.433 e. The lowest BCUT2D eigenvalue weighted by molar-refractivity contribution is -0.141. The van der Waals surface area contributed by atoms with Gasteiger partial charge in [0.1, 0.15) is 16.3 Å². The molecule has 0 spiro atoms. The number of aromatic nitrogens is 3. The molecule has 33 heavy (non-hydrogen) atoms. The molecule has 0 unspecified atom stereocenters. The number of thiazole rings is 1. The van der Waals surface area contributed by atoms with E-state index in [2.05, 4.69) is 20.3 Å². The number of carbonyl (C=O) groups is 1. The highest BCUT2D eigenvalue weighted by Crippen LogP contribution is 2.42. The Labute approximate surface area is 195 Å². The lowest BCUT2D eigenvalue weighted by Gasteiger charge is -2.33.